The molecule has 0 N–H and O–H groups in total. The second kappa shape index (κ2) is 10.2. The molecule has 0 saturated carbocycles. The number of unbranched alkanes of at least 4 members (excludes halogenated alkanes) is 3. The molecule has 0 radical (unpaired) electrons. The van der Waals surface area contributed by atoms with Gasteiger partial charge in [-0.15, -0.1) is 0 Å². The van der Waals surface area contributed by atoms with E-state index in [2.05, 4.69) is 85.9 Å². The molecule has 1 nitrogen and oxygen atoms in total. The van der Waals surface area contributed by atoms with E-state index in [0.29, 0.717) is 22.5 Å². The maximum Gasteiger partial charge on any atom is 0.131 e. The van der Waals surface area contributed by atoms with Crippen LogP contribution in [0.3, 0.4) is 0 Å². The van der Waals surface area contributed by atoms with E-state index in [-0.39, 0.29) is 0 Å². The Morgan fingerprint density at radius 3 is 2.17 bits per heavy atom. The van der Waals surface area contributed by atoms with Crippen LogP contribution in [0.4, 0.5) is 0 Å². The van der Waals surface area contributed by atoms with E-state index >= 15 is 0 Å². The van der Waals surface area contributed by atoms with E-state index in [1.54, 1.807) is 0 Å². The van der Waals surface area contributed by atoms with Crippen molar-refractivity contribution in [1.29, 1.82) is 0 Å². The quantitative estimate of drug-likeness (QED) is 0.290. The summed E-state index contributed by atoms with van der Waals surface area (Å²) in [6, 6.07) is 6.67. The molecular weight excluding hydrogens is 368 g/mol. The first-order valence-corrected chi connectivity index (χ1v) is 14.2. The van der Waals surface area contributed by atoms with Crippen molar-refractivity contribution in [2.75, 3.05) is 0 Å². The summed E-state index contributed by atoms with van der Waals surface area (Å²) in [6.45, 7) is 23.5. The monoisotopic (exact) mass is 412 g/mol. The van der Waals surface area contributed by atoms with Crippen molar-refractivity contribution in [3.05, 3.63) is 52.9 Å². The van der Waals surface area contributed by atoms with Crippen molar-refractivity contribution in [2.45, 2.75) is 110 Å². The van der Waals surface area contributed by atoms with Gasteiger partial charge in [-0.1, -0.05) is 104 Å². The van der Waals surface area contributed by atoms with Gasteiger partial charge in [0.05, 0.1) is 8.07 Å². The number of allylic oxidation sites excluding steroid dienone is 1. The fourth-order valence-electron chi connectivity index (χ4n) is 5.53. The summed E-state index contributed by atoms with van der Waals surface area (Å²) in [5.74, 6) is 2.51. The average molecular weight is 413 g/mol. The molecule has 1 unspecified atom stereocenters. The van der Waals surface area contributed by atoms with E-state index in [4.69, 9.17) is 4.74 Å². The Hall–Kier alpha value is -1.28. The number of benzene rings is 1. The van der Waals surface area contributed by atoms with Crippen LogP contribution in [-0.2, 0) is 0 Å². The van der Waals surface area contributed by atoms with Gasteiger partial charge in [0.1, 0.15) is 11.5 Å². The minimum absolute atomic E-state index is 0.389. The number of fused-ring (bicyclic) bond motifs is 1. The summed E-state index contributed by atoms with van der Waals surface area (Å²) in [4.78, 5) is 0. The third-order valence-corrected chi connectivity index (χ3v) is 14.0. The SMILES string of the molecule is C=C1/C(=C/[Si](C(C)C)(C(C)C)C(C)C)Oc2ccc(C)cc2C1CCCCCC. The molecular formula is C27H44OSi. The second-order valence-electron chi connectivity index (χ2n) is 10.0. The van der Waals surface area contributed by atoms with E-state index in [1.807, 2.05) is 0 Å². The zero-order valence-corrected chi connectivity index (χ0v) is 21.3. The lowest BCUT2D eigenvalue weighted by Gasteiger charge is -2.42. The molecule has 1 aliphatic rings. The lowest BCUT2D eigenvalue weighted by Crippen LogP contribution is -2.43. The highest BCUT2D eigenvalue weighted by Crippen LogP contribution is 2.48. The zero-order chi connectivity index (χ0) is 21.8. The maximum absolute atomic E-state index is 6.56. The van der Waals surface area contributed by atoms with Crippen LogP contribution >= 0.6 is 0 Å². The Morgan fingerprint density at radius 1 is 1.00 bits per heavy atom. The Kier molecular flexibility index (Phi) is 8.40. The van der Waals surface area contributed by atoms with Gasteiger partial charge in [-0.2, -0.15) is 0 Å². The Labute approximate surface area is 181 Å². The van der Waals surface area contributed by atoms with Crippen LogP contribution in [0.2, 0.25) is 16.6 Å². The molecule has 0 fully saturated rings. The third-order valence-electron chi connectivity index (χ3n) is 7.23. The maximum atomic E-state index is 6.56. The summed E-state index contributed by atoms with van der Waals surface area (Å²) < 4.78 is 6.56. The molecule has 0 saturated heterocycles. The molecule has 1 atom stereocenters. The highest BCUT2D eigenvalue weighted by atomic mass is 28.3. The first-order valence-electron chi connectivity index (χ1n) is 11.9. The smallest absolute Gasteiger partial charge is 0.131 e. The van der Waals surface area contributed by atoms with Gasteiger partial charge in [0.25, 0.3) is 0 Å². The van der Waals surface area contributed by atoms with E-state index in [1.165, 1.54) is 48.8 Å². The van der Waals surface area contributed by atoms with Gasteiger partial charge >= 0.3 is 0 Å². The minimum Gasteiger partial charge on any atom is -0.458 e. The van der Waals surface area contributed by atoms with Gasteiger partial charge in [-0.3, -0.25) is 0 Å². The highest BCUT2D eigenvalue weighted by Gasteiger charge is 2.42. The Bertz CT molecular complexity index is 704. The van der Waals surface area contributed by atoms with Crippen molar-refractivity contribution in [1.82, 2.24) is 0 Å². The standard InChI is InChI=1S/C27H44OSi/c1-10-11-12-13-14-24-23(9)27(28-26-16-15-22(8)17-25(24)26)18-29(19(2)3,20(4)5)21(6)7/h15-21,24H,9-14H2,1-8H3/b27-18-. The minimum atomic E-state index is -1.71. The molecule has 2 heteroatoms. The Balaban J connectivity index is 2.49. The molecule has 29 heavy (non-hydrogen) atoms. The molecule has 1 aliphatic heterocycles. The van der Waals surface area contributed by atoms with Crippen LogP contribution in [0, 0.1) is 6.92 Å². The lowest BCUT2D eigenvalue weighted by atomic mass is 9.83. The van der Waals surface area contributed by atoms with Gasteiger partial charge in [-0.25, -0.2) is 0 Å². The fraction of sp³-hybridized carbons (Fsp3) is 0.630. The molecule has 2 rings (SSSR count). The number of hydrogen-bond donors (Lipinski definition) is 0. The summed E-state index contributed by atoms with van der Waals surface area (Å²) >= 11 is 0. The topological polar surface area (TPSA) is 9.23 Å². The average Bonchev–Trinajstić information content (AvgIpc) is 2.64. The molecule has 0 bridgehead atoms. The normalized spacial score (nSPS) is 18.7. The predicted molar refractivity (Wildman–Crippen MR) is 132 cm³/mol. The van der Waals surface area contributed by atoms with E-state index in [0.717, 1.165) is 11.5 Å². The van der Waals surface area contributed by atoms with Gasteiger partial charge in [0, 0.05) is 11.5 Å². The van der Waals surface area contributed by atoms with Crippen molar-refractivity contribution in [3.8, 4) is 5.75 Å². The first-order chi connectivity index (χ1) is 13.6. The summed E-state index contributed by atoms with van der Waals surface area (Å²) in [5, 5.41) is 0. The molecule has 162 valence electrons. The largest absolute Gasteiger partial charge is 0.458 e. The van der Waals surface area contributed by atoms with Gasteiger partial charge in [-0.05, 0) is 41.6 Å². The molecule has 1 aromatic carbocycles. The number of rotatable bonds is 9. The molecule has 0 amide bonds. The number of ether oxygens (including phenoxy) is 1. The zero-order valence-electron chi connectivity index (χ0n) is 20.3. The van der Waals surface area contributed by atoms with Crippen molar-refractivity contribution >= 4 is 8.07 Å². The van der Waals surface area contributed by atoms with Crippen molar-refractivity contribution < 1.29 is 4.74 Å². The molecule has 1 aromatic rings. The summed E-state index contributed by atoms with van der Waals surface area (Å²) in [7, 11) is -1.71. The van der Waals surface area contributed by atoms with Crippen LogP contribution in [0.25, 0.3) is 0 Å². The number of aryl methyl sites for hydroxylation is 1. The van der Waals surface area contributed by atoms with E-state index < -0.39 is 8.07 Å². The Morgan fingerprint density at radius 2 is 1.62 bits per heavy atom. The third kappa shape index (κ3) is 5.07. The van der Waals surface area contributed by atoms with Gasteiger partial charge < -0.3 is 4.74 Å². The lowest BCUT2D eigenvalue weighted by molar-refractivity contribution is 0.393. The molecule has 0 spiro atoms. The molecule has 0 aromatic heterocycles. The van der Waals surface area contributed by atoms with Crippen LogP contribution in [0.5, 0.6) is 5.75 Å². The van der Waals surface area contributed by atoms with Crippen LogP contribution in [-0.4, -0.2) is 8.07 Å². The molecule has 1 heterocycles. The van der Waals surface area contributed by atoms with Gasteiger partial charge in [0.15, 0.2) is 0 Å². The summed E-state index contributed by atoms with van der Waals surface area (Å²) in [6.07, 6.45) is 6.35. The van der Waals surface area contributed by atoms with Crippen LogP contribution in [0.15, 0.2) is 41.8 Å². The second-order valence-corrected chi connectivity index (χ2v) is 15.8. The van der Waals surface area contributed by atoms with Gasteiger partial charge in [0.2, 0.25) is 0 Å². The number of hydrogen-bond acceptors (Lipinski definition) is 1. The highest BCUT2D eigenvalue weighted by molar-refractivity contribution is 6.88. The van der Waals surface area contributed by atoms with Crippen molar-refractivity contribution in [3.63, 3.8) is 0 Å². The predicted octanol–water partition coefficient (Wildman–Crippen LogP) is 9.10. The van der Waals surface area contributed by atoms with Crippen LogP contribution < -0.4 is 4.74 Å². The van der Waals surface area contributed by atoms with Crippen LogP contribution in [0.1, 0.15) is 97.6 Å². The van der Waals surface area contributed by atoms with E-state index in [9.17, 15) is 0 Å². The summed E-state index contributed by atoms with van der Waals surface area (Å²) in [5.41, 5.74) is 8.46. The fourth-order valence-corrected chi connectivity index (χ4v) is 11.2. The van der Waals surface area contributed by atoms with Crippen molar-refractivity contribution in [2.24, 2.45) is 0 Å². The first kappa shape index (κ1) is 24.0. The molecule has 0 aliphatic carbocycles.